The number of aryl methyl sites for hydroxylation is 1. The number of amides is 1. The molecule has 0 spiro atoms. The number of rotatable bonds is 7. The van der Waals surface area contributed by atoms with Crippen LogP contribution in [0.15, 0.2) is 11.1 Å². The summed E-state index contributed by atoms with van der Waals surface area (Å²) in [6, 6.07) is -0.771. The van der Waals surface area contributed by atoms with E-state index in [1.807, 2.05) is 6.92 Å². The Morgan fingerprint density at radius 1 is 1.25 bits per heavy atom. The lowest BCUT2D eigenvalue weighted by molar-refractivity contribution is 0.0509. The first-order valence-corrected chi connectivity index (χ1v) is 10.6. The van der Waals surface area contributed by atoms with E-state index in [9.17, 15) is 22.4 Å². The lowest BCUT2D eigenvalue weighted by Gasteiger charge is -2.22. The number of likely N-dealkylation sites (tertiary alicyclic amines) is 1. The van der Waals surface area contributed by atoms with Gasteiger partial charge in [-0.05, 0) is 26.7 Å². The van der Waals surface area contributed by atoms with Gasteiger partial charge in [0.2, 0.25) is 10.0 Å². The number of sulfonamides is 1. The summed E-state index contributed by atoms with van der Waals surface area (Å²) in [5.41, 5.74) is -0.465. The molecule has 1 amide bonds. The van der Waals surface area contributed by atoms with E-state index in [2.05, 4.69) is 4.72 Å². The fourth-order valence-corrected chi connectivity index (χ4v) is 4.66. The molecule has 158 valence electrons. The van der Waals surface area contributed by atoms with Crippen molar-refractivity contribution < 1.29 is 31.9 Å². The maximum atomic E-state index is 14.7. The zero-order valence-electron chi connectivity index (χ0n) is 16.4. The third-order valence-corrected chi connectivity index (χ3v) is 6.06. The Labute approximate surface area is 163 Å². The molecular formula is C17H26FN3O6S. The number of nitrogens with one attached hydrogen (secondary N) is 1. The van der Waals surface area contributed by atoms with Crippen molar-refractivity contribution in [1.82, 2.24) is 14.2 Å². The molecule has 0 saturated carbocycles. The summed E-state index contributed by atoms with van der Waals surface area (Å²) in [7, 11) is -2.89. The largest absolute Gasteiger partial charge is 0.461 e. The molecule has 0 radical (unpaired) electrons. The van der Waals surface area contributed by atoms with Gasteiger partial charge in [-0.1, -0.05) is 6.92 Å². The third-order valence-electron chi connectivity index (χ3n) is 4.56. The fraction of sp³-hybridized carbons (Fsp3) is 0.647. The van der Waals surface area contributed by atoms with Crippen LogP contribution < -0.4 is 4.72 Å². The number of carbonyl (C=O) groups excluding carboxylic acids is 2. The predicted octanol–water partition coefficient (Wildman–Crippen LogP) is 1.63. The summed E-state index contributed by atoms with van der Waals surface area (Å²) >= 11 is 0. The van der Waals surface area contributed by atoms with E-state index >= 15 is 0 Å². The average Bonchev–Trinajstić information content (AvgIpc) is 3.15. The summed E-state index contributed by atoms with van der Waals surface area (Å²) in [6.07, 6.45) is 1.53. The second-order valence-electron chi connectivity index (χ2n) is 6.45. The Morgan fingerprint density at radius 3 is 2.46 bits per heavy atom. The first-order chi connectivity index (χ1) is 13.2. The quantitative estimate of drug-likeness (QED) is 0.673. The Bertz CT molecular complexity index is 838. The molecule has 1 aromatic heterocycles. The molecule has 1 fully saturated rings. The molecule has 1 aliphatic heterocycles. The molecule has 0 aliphatic carbocycles. The molecule has 1 saturated heterocycles. The molecule has 1 N–H and O–H groups in total. The first kappa shape index (κ1) is 22.2. The van der Waals surface area contributed by atoms with Crippen molar-refractivity contribution in [2.45, 2.75) is 50.6 Å². The zero-order valence-corrected chi connectivity index (χ0v) is 17.2. The summed E-state index contributed by atoms with van der Waals surface area (Å²) < 4.78 is 53.3. The minimum Gasteiger partial charge on any atom is -0.461 e. The highest BCUT2D eigenvalue weighted by atomic mass is 32.2. The number of halogens is 1. The van der Waals surface area contributed by atoms with Gasteiger partial charge < -0.3 is 18.9 Å². The number of hydrogen-bond donors (Lipinski definition) is 1. The van der Waals surface area contributed by atoms with E-state index in [0.717, 1.165) is 10.8 Å². The zero-order chi connectivity index (χ0) is 21.1. The van der Waals surface area contributed by atoms with Gasteiger partial charge >= 0.3 is 12.1 Å². The molecule has 1 aromatic rings. The molecule has 2 atom stereocenters. The van der Waals surface area contributed by atoms with Crippen LogP contribution in [0.4, 0.5) is 9.18 Å². The second kappa shape index (κ2) is 8.91. The minimum absolute atomic E-state index is 0.0357. The van der Waals surface area contributed by atoms with Crippen molar-refractivity contribution in [3.05, 3.63) is 17.7 Å². The summed E-state index contributed by atoms with van der Waals surface area (Å²) in [5, 5.41) is 0. The average molecular weight is 419 g/mol. The highest BCUT2D eigenvalue weighted by molar-refractivity contribution is 7.89. The number of esters is 1. The topological polar surface area (TPSA) is 107 Å². The summed E-state index contributed by atoms with van der Waals surface area (Å²) in [5.74, 6) is -2.11. The molecule has 11 heteroatoms. The Balaban J connectivity index is 2.22. The van der Waals surface area contributed by atoms with Crippen molar-refractivity contribution in [1.29, 1.82) is 0 Å². The van der Waals surface area contributed by atoms with Crippen molar-refractivity contribution in [3.63, 3.8) is 0 Å². The van der Waals surface area contributed by atoms with E-state index < -0.39 is 44.5 Å². The van der Waals surface area contributed by atoms with Crippen LogP contribution in [-0.2, 0) is 26.5 Å². The van der Waals surface area contributed by atoms with Gasteiger partial charge in [-0.15, -0.1) is 0 Å². The molecule has 2 rings (SSSR count). The number of carbonyl (C=O) groups is 2. The Kier molecular flexibility index (Phi) is 7.05. The molecule has 9 nitrogen and oxygen atoms in total. The van der Waals surface area contributed by atoms with Gasteiger partial charge in [-0.2, -0.15) is 0 Å². The highest BCUT2D eigenvalue weighted by Gasteiger charge is 2.38. The van der Waals surface area contributed by atoms with Crippen LogP contribution in [-0.4, -0.2) is 61.8 Å². The SMILES string of the molecule is CCOC(=O)c1c(F)c(S(=O)(=O)N[C@@H]2C[C@H](CC)N(C(=O)OCC)C2)cn1C. The maximum Gasteiger partial charge on any atom is 0.410 e. The van der Waals surface area contributed by atoms with Gasteiger partial charge in [-0.25, -0.2) is 27.1 Å². The summed E-state index contributed by atoms with van der Waals surface area (Å²) in [6.45, 7) is 5.51. The van der Waals surface area contributed by atoms with Gasteiger partial charge in [0, 0.05) is 31.9 Å². The number of ether oxygens (including phenoxy) is 2. The Morgan fingerprint density at radius 2 is 1.89 bits per heavy atom. The van der Waals surface area contributed by atoms with Crippen LogP contribution >= 0.6 is 0 Å². The third kappa shape index (κ3) is 4.46. The molecule has 0 unspecified atom stereocenters. The van der Waals surface area contributed by atoms with E-state index in [0.29, 0.717) is 12.8 Å². The van der Waals surface area contributed by atoms with E-state index in [4.69, 9.17) is 9.47 Å². The van der Waals surface area contributed by atoms with E-state index in [-0.39, 0.29) is 25.8 Å². The molecular weight excluding hydrogens is 393 g/mol. The molecule has 0 bridgehead atoms. The highest BCUT2D eigenvalue weighted by Crippen LogP contribution is 2.25. The van der Waals surface area contributed by atoms with Crippen molar-refractivity contribution in [2.24, 2.45) is 7.05 Å². The Hall–Kier alpha value is -2.14. The predicted molar refractivity (Wildman–Crippen MR) is 97.9 cm³/mol. The number of nitrogens with zero attached hydrogens (tertiary/aromatic N) is 2. The number of aromatic nitrogens is 1. The van der Waals surface area contributed by atoms with Gasteiger partial charge in [0.05, 0.1) is 13.2 Å². The number of hydrogen-bond acceptors (Lipinski definition) is 6. The minimum atomic E-state index is -4.25. The smallest absolute Gasteiger partial charge is 0.410 e. The fourth-order valence-electron chi connectivity index (χ4n) is 3.29. The van der Waals surface area contributed by atoms with Crippen LogP contribution in [0.2, 0.25) is 0 Å². The summed E-state index contributed by atoms with van der Waals surface area (Å²) in [4.78, 5) is 24.8. The molecule has 1 aliphatic rings. The van der Waals surface area contributed by atoms with Crippen molar-refractivity contribution in [3.8, 4) is 0 Å². The normalized spacial score (nSPS) is 19.7. The maximum absolute atomic E-state index is 14.7. The lowest BCUT2D eigenvalue weighted by atomic mass is 10.1. The van der Waals surface area contributed by atoms with Gasteiger partial charge in [-0.3, -0.25) is 0 Å². The molecule has 2 heterocycles. The first-order valence-electron chi connectivity index (χ1n) is 9.13. The molecule has 28 heavy (non-hydrogen) atoms. The second-order valence-corrected chi connectivity index (χ2v) is 8.14. The van der Waals surface area contributed by atoms with Gasteiger partial charge in [0.15, 0.2) is 11.5 Å². The van der Waals surface area contributed by atoms with Crippen LogP contribution in [0.3, 0.4) is 0 Å². The molecule has 0 aromatic carbocycles. The van der Waals surface area contributed by atoms with Gasteiger partial charge in [0.25, 0.3) is 0 Å². The van der Waals surface area contributed by atoms with Crippen LogP contribution in [0.25, 0.3) is 0 Å². The lowest BCUT2D eigenvalue weighted by Crippen LogP contribution is -2.39. The van der Waals surface area contributed by atoms with E-state index in [1.165, 1.54) is 11.9 Å². The van der Waals surface area contributed by atoms with Crippen molar-refractivity contribution in [2.75, 3.05) is 19.8 Å². The van der Waals surface area contributed by atoms with Crippen LogP contribution in [0, 0.1) is 5.82 Å². The van der Waals surface area contributed by atoms with Crippen molar-refractivity contribution >= 4 is 22.1 Å². The van der Waals surface area contributed by atoms with E-state index in [1.54, 1.807) is 13.8 Å². The van der Waals surface area contributed by atoms with Crippen LogP contribution in [0.5, 0.6) is 0 Å². The van der Waals surface area contributed by atoms with Crippen LogP contribution in [0.1, 0.15) is 44.1 Å². The standard InChI is InChI=1S/C17H26FN3O6S/c1-5-12-8-11(9-21(12)17(23)27-7-3)19-28(24,25)13-10-20(4)15(14(13)18)16(22)26-6-2/h10-12,19H,5-9H2,1-4H3/t11-,12+/m1/s1. The monoisotopic (exact) mass is 419 g/mol. The van der Waals surface area contributed by atoms with Gasteiger partial charge in [0.1, 0.15) is 4.90 Å².